The van der Waals surface area contributed by atoms with Crippen LogP contribution in [-0.2, 0) is 17.6 Å². The molecule has 182 valence electrons. The monoisotopic (exact) mass is 516 g/mol. The van der Waals surface area contributed by atoms with Crippen LogP contribution < -0.4 is 14.2 Å². The molecule has 0 atom stereocenters. The Labute approximate surface area is 212 Å². The van der Waals surface area contributed by atoms with Crippen LogP contribution in [0.4, 0.5) is 0 Å². The molecule has 1 heterocycles. The highest BCUT2D eigenvalue weighted by atomic mass is 35.5. The van der Waals surface area contributed by atoms with Crippen molar-refractivity contribution in [2.75, 3.05) is 54.1 Å². The van der Waals surface area contributed by atoms with Gasteiger partial charge in [-0.15, -0.1) is 12.4 Å². The first-order chi connectivity index (χ1) is 15.4. The van der Waals surface area contributed by atoms with Crippen LogP contribution >= 0.6 is 35.6 Å². The summed E-state index contributed by atoms with van der Waals surface area (Å²) in [5, 5.41) is 0.999. The van der Waals surface area contributed by atoms with E-state index in [1.807, 2.05) is 23.1 Å². The van der Waals surface area contributed by atoms with Gasteiger partial charge in [0.15, 0.2) is 11.5 Å². The summed E-state index contributed by atoms with van der Waals surface area (Å²) in [6.07, 6.45) is 2.11. The van der Waals surface area contributed by atoms with Crippen LogP contribution in [0, 0.1) is 0 Å². The van der Waals surface area contributed by atoms with Gasteiger partial charge in [0.2, 0.25) is 5.91 Å². The Bertz CT molecular complexity index is 942. The second kappa shape index (κ2) is 13.1. The number of methoxy groups -OCH3 is 2. The van der Waals surface area contributed by atoms with Gasteiger partial charge in [-0.25, -0.2) is 0 Å². The smallest absolute Gasteiger partial charge is 0.227 e. The molecule has 0 fully saturated rings. The van der Waals surface area contributed by atoms with Gasteiger partial charge >= 0.3 is 0 Å². The van der Waals surface area contributed by atoms with E-state index in [4.69, 9.17) is 37.4 Å². The quantitative estimate of drug-likeness (QED) is 0.455. The minimum Gasteiger partial charge on any atom is -0.493 e. The molecule has 0 radical (unpaired) electrons. The topological polar surface area (TPSA) is 51.2 Å². The molecule has 0 N–H and O–H groups in total. The fourth-order valence-corrected chi connectivity index (χ4v) is 4.07. The van der Waals surface area contributed by atoms with Gasteiger partial charge in [0.25, 0.3) is 0 Å². The summed E-state index contributed by atoms with van der Waals surface area (Å²) in [7, 11) is 5.29. The van der Waals surface area contributed by atoms with Crippen LogP contribution in [0.1, 0.15) is 17.5 Å². The summed E-state index contributed by atoms with van der Waals surface area (Å²) >= 11 is 11.9. The molecule has 0 bridgehead atoms. The normalized spacial score (nSPS) is 13.3. The molecule has 33 heavy (non-hydrogen) atoms. The lowest BCUT2D eigenvalue weighted by Gasteiger charge is -2.23. The summed E-state index contributed by atoms with van der Waals surface area (Å²) in [5.74, 6) is 2.23. The Morgan fingerprint density at radius 2 is 1.70 bits per heavy atom. The first-order valence-electron chi connectivity index (χ1n) is 10.7. The lowest BCUT2D eigenvalue weighted by Crippen LogP contribution is -2.35. The minimum atomic E-state index is 0. The largest absolute Gasteiger partial charge is 0.493 e. The van der Waals surface area contributed by atoms with Crippen molar-refractivity contribution >= 4 is 41.5 Å². The molecule has 0 saturated carbocycles. The van der Waals surface area contributed by atoms with Gasteiger partial charge in [-0.2, -0.15) is 0 Å². The molecule has 3 rings (SSSR count). The first-order valence-corrected chi connectivity index (χ1v) is 11.4. The van der Waals surface area contributed by atoms with Crippen molar-refractivity contribution in [2.45, 2.75) is 19.3 Å². The van der Waals surface area contributed by atoms with Crippen molar-refractivity contribution in [3.8, 4) is 17.2 Å². The third kappa shape index (κ3) is 7.57. The molecule has 0 spiro atoms. The van der Waals surface area contributed by atoms with Crippen LogP contribution in [0.2, 0.25) is 10.0 Å². The predicted octanol–water partition coefficient (Wildman–Crippen LogP) is 4.76. The van der Waals surface area contributed by atoms with Crippen LogP contribution in [0.25, 0.3) is 0 Å². The van der Waals surface area contributed by atoms with Gasteiger partial charge in [0.05, 0.1) is 30.7 Å². The van der Waals surface area contributed by atoms with Crippen LogP contribution in [0.5, 0.6) is 17.2 Å². The maximum atomic E-state index is 12.8. The number of hydrogen-bond donors (Lipinski definition) is 0. The molecule has 2 aromatic rings. The van der Waals surface area contributed by atoms with Crippen molar-refractivity contribution in [1.29, 1.82) is 0 Å². The lowest BCUT2D eigenvalue weighted by molar-refractivity contribution is -0.130. The Hall–Kier alpha value is -1.86. The molecule has 9 heteroatoms. The van der Waals surface area contributed by atoms with Crippen molar-refractivity contribution in [3.63, 3.8) is 0 Å². The highest BCUT2D eigenvalue weighted by Crippen LogP contribution is 2.32. The zero-order valence-corrected chi connectivity index (χ0v) is 21.6. The van der Waals surface area contributed by atoms with Crippen molar-refractivity contribution in [2.24, 2.45) is 0 Å². The molecule has 1 aliphatic heterocycles. The SMILES string of the molecule is COc1cc2c(cc1OC)CC(=O)N(CCCN(C)CCOc1ccc(Cl)c(Cl)c1)CC2.Cl. The van der Waals surface area contributed by atoms with Gasteiger partial charge in [-0.1, -0.05) is 23.2 Å². The molecule has 2 aromatic carbocycles. The van der Waals surface area contributed by atoms with E-state index in [1.165, 1.54) is 0 Å². The number of fused-ring (bicyclic) bond motifs is 1. The molecular weight excluding hydrogens is 487 g/mol. The standard InChI is InChI=1S/C24H30Cl2N2O4.ClH/c1-27(11-12-32-19-5-6-20(25)21(26)16-19)8-4-9-28-10-7-17-13-22(30-2)23(31-3)14-18(17)15-24(28)29;/h5-6,13-14,16H,4,7-12,15H2,1-3H3;1H. The van der Waals surface area contributed by atoms with E-state index in [-0.39, 0.29) is 18.3 Å². The fraction of sp³-hybridized carbons (Fsp3) is 0.458. The highest BCUT2D eigenvalue weighted by Gasteiger charge is 2.22. The van der Waals surface area contributed by atoms with Crippen molar-refractivity contribution in [1.82, 2.24) is 9.80 Å². The minimum absolute atomic E-state index is 0. The third-order valence-electron chi connectivity index (χ3n) is 5.65. The van der Waals surface area contributed by atoms with Gasteiger partial charge in [-0.05, 0) is 61.8 Å². The summed E-state index contributed by atoms with van der Waals surface area (Å²) in [4.78, 5) is 16.9. The number of hydrogen-bond acceptors (Lipinski definition) is 5. The average molecular weight is 518 g/mol. The zero-order chi connectivity index (χ0) is 23.1. The van der Waals surface area contributed by atoms with E-state index in [0.717, 1.165) is 43.6 Å². The maximum Gasteiger partial charge on any atom is 0.227 e. The molecule has 6 nitrogen and oxygen atoms in total. The predicted molar refractivity (Wildman–Crippen MR) is 135 cm³/mol. The van der Waals surface area contributed by atoms with Gasteiger partial charge < -0.3 is 24.0 Å². The lowest BCUT2D eigenvalue weighted by atomic mass is 10.0. The summed E-state index contributed by atoms with van der Waals surface area (Å²) < 4.78 is 16.5. The Morgan fingerprint density at radius 1 is 1.00 bits per heavy atom. The molecular formula is C24H31Cl3N2O4. The number of halogens is 3. The Morgan fingerprint density at radius 3 is 2.36 bits per heavy atom. The van der Waals surface area contributed by atoms with E-state index < -0.39 is 0 Å². The second-order valence-electron chi connectivity index (χ2n) is 7.86. The molecule has 0 aromatic heterocycles. The molecule has 1 amide bonds. The molecule has 1 aliphatic rings. The zero-order valence-electron chi connectivity index (χ0n) is 19.2. The van der Waals surface area contributed by atoms with Crippen LogP contribution in [-0.4, -0.2) is 69.8 Å². The molecule has 0 aliphatic carbocycles. The number of carbonyl (C=O) groups is 1. The van der Waals surface area contributed by atoms with E-state index in [2.05, 4.69) is 11.9 Å². The van der Waals surface area contributed by atoms with Gasteiger partial charge in [0.1, 0.15) is 12.4 Å². The highest BCUT2D eigenvalue weighted by molar-refractivity contribution is 6.42. The van der Waals surface area contributed by atoms with E-state index in [1.54, 1.807) is 26.4 Å². The number of benzene rings is 2. The number of ether oxygens (including phenoxy) is 3. The number of rotatable bonds is 10. The molecule has 0 unspecified atom stereocenters. The first kappa shape index (κ1) is 27.4. The van der Waals surface area contributed by atoms with Gasteiger partial charge in [-0.3, -0.25) is 4.79 Å². The number of nitrogens with zero attached hydrogens (tertiary/aromatic N) is 2. The van der Waals surface area contributed by atoms with E-state index in [0.29, 0.717) is 46.9 Å². The van der Waals surface area contributed by atoms with Crippen molar-refractivity contribution < 1.29 is 19.0 Å². The molecule has 0 saturated heterocycles. The van der Waals surface area contributed by atoms with Gasteiger partial charge in [0, 0.05) is 25.7 Å². The van der Waals surface area contributed by atoms with E-state index >= 15 is 0 Å². The van der Waals surface area contributed by atoms with E-state index in [9.17, 15) is 4.79 Å². The summed E-state index contributed by atoms with van der Waals surface area (Å²) in [6.45, 7) is 3.66. The number of likely N-dealkylation sites (N-methyl/N-ethyl adjacent to an activating group) is 1. The summed E-state index contributed by atoms with van der Waals surface area (Å²) in [6, 6.07) is 9.18. The Balaban J connectivity index is 0.00000385. The average Bonchev–Trinajstić information content (AvgIpc) is 2.93. The van der Waals surface area contributed by atoms with Crippen LogP contribution in [0.15, 0.2) is 30.3 Å². The summed E-state index contributed by atoms with van der Waals surface area (Å²) in [5.41, 5.74) is 2.17. The number of amides is 1. The maximum absolute atomic E-state index is 12.8. The number of carbonyl (C=O) groups excluding carboxylic acids is 1. The third-order valence-corrected chi connectivity index (χ3v) is 6.39. The second-order valence-corrected chi connectivity index (χ2v) is 8.68. The van der Waals surface area contributed by atoms with Crippen LogP contribution in [0.3, 0.4) is 0 Å². The fourth-order valence-electron chi connectivity index (χ4n) is 3.78. The Kier molecular flexibility index (Phi) is 10.9. The van der Waals surface area contributed by atoms with Crippen molar-refractivity contribution in [3.05, 3.63) is 51.5 Å².